The van der Waals surface area contributed by atoms with E-state index in [-0.39, 0.29) is 34.6 Å². The lowest BCUT2D eigenvalue weighted by Gasteiger charge is -2.23. The van der Waals surface area contributed by atoms with Gasteiger partial charge in [0.2, 0.25) is 0 Å². The number of nitro benzene ring substituents is 1. The van der Waals surface area contributed by atoms with Crippen molar-refractivity contribution in [3.05, 3.63) is 105 Å². The zero-order valence-electron chi connectivity index (χ0n) is 27.5. The van der Waals surface area contributed by atoms with Gasteiger partial charge in [0.05, 0.1) is 40.7 Å². The Kier molecular flexibility index (Phi) is 8.69. The molecule has 13 heteroatoms. The Morgan fingerprint density at radius 3 is 2.40 bits per heavy atom. The quantitative estimate of drug-likeness (QED) is 0.0780. The maximum absolute atomic E-state index is 13.3. The number of ether oxygens (including phenoxy) is 3. The topological polar surface area (TPSA) is 145 Å². The minimum absolute atomic E-state index is 0.0634. The SMILES string of the molecule is COc1ccc(Cn2c(=O)c3ccc(Nc4cc([C@H]5CC[C@@H](OC(=O)Oc6ccc([N+](=O)[O-])cc6)C5)nn4C(C)(C)C)cc3n2C)cc1. The largest absolute Gasteiger partial charge is 0.514 e. The number of nitro groups is 1. The molecule has 0 bridgehead atoms. The van der Waals surface area contributed by atoms with Crippen LogP contribution < -0.4 is 20.3 Å². The lowest BCUT2D eigenvalue weighted by atomic mass is 10.0. The van der Waals surface area contributed by atoms with E-state index in [4.69, 9.17) is 19.3 Å². The van der Waals surface area contributed by atoms with E-state index < -0.39 is 11.1 Å². The molecule has 1 fully saturated rings. The van der Waals surface area contributed by atoms with E-state index in [1.807, 2.05) is 64.9 Å². The monoisotopic (exact) mass is 654 g/mol. The number of nitrogens with one attached hydrogen (secondary N) is 1. The highest BCUT2D eigenvalue weighted by molar-refractivity contribution is 5.83. The van der Waals surface area contributed by atoms with E-state index in [9.17, 15) is 19.7 Å². The molecule has 0 saturated heterocycles. The summed E-state index contributed by atoms with van der Waals surface area (Å²) in [5.41, 5.74) is 3.01. The van der Waals surface area contributed by atoms with Crippen LogP contribution in [0.4, 0.5) is 22.0 Å². The highest BCUT2D eigenvalue weighted by atomic mass is 16.7. The molecule has 2 heterocycles. The van der Waals surface area contributed by atoms with Crippen LogP contribution in [0, 0.1) is 10.1 Å². The summed E-state index contributed by atoms with van der Waals surface area (Å²) in [5.74, 6) is 1.81. The molecule has 1 aliphatic rings. The molecular formula is C35H38N6O7. The summed E-state index contributed by atoms with van der Waals surface area (Å²) in [5, 5.41) is 20.0. The predicted molar refractivity (Wildman–Crippen MR) is 180 cm³/mol. The number of carbonyl (C=O) groups excluding carboxylic acids is 1. The lowest BCUT2D eigenvalue weighted by Crippen LogP contribution is -2.24. The second-order valence-electron chi connectivity index (χ2n) is 13.0. The third-order valence-electron chi connectivity index (χ3n) is 8.62. The van der Waals surface area contributed by atoms with Gasteiger partial charge in [0, 0.05) is 36.9 Å². The number of hydrogen-bond acceptors (Lipinski definition) is 9. The van der Waals surface area contributed by atoms with E-state index >= 15 is 0 Å². The van der Waals surface area contributed by atoms with E-state index in [0.29, 0.717) is 24.8 Å². The Bertz CT molecular complexity index is 2020. The Morgan fingerprint density at radius 2 is 1.73 bits per heavy atom. The molecule has 1 aliphatic carbocycles. The minimum Gasteiger partial charge on any atom is -0.497 e. The number of aryl methyl sites for hydroxylation is 1. The van der Waals surface area contributed by atoms with Gasteiger partial charge in [-0.25, -0.2) is 14.2 Å². The number of anilines is 2. The molecule has 48 heavy (non-hydrogen) atoms. The summed E-state index contributed by atoms with van der Waals surface area (Å²) < 4.78 is 21.6. The third-order valence-corrected chi connectivity index (χ3v) is 8.62. The van der Waals surface area contributed by atoms with Crippen LogP contribution >= 0.6 is 0 Å². The van der Waals surface area contributed by atoms with Crippen LogP contribution in [0.2, 0.25) is 0 Å². The molecule has 0 amide bonds. The highest BCUT2D eigenvalue weighted by Crippen LogP contribution is 2.38. The number of nitrogens with zero attached hydrogens (tertiary/aromatic N) is 5. The van der Waals surface area contributed by atoms with Gasteiger partial charge >= 0.3 is 6.16 Å². The van der Waals surface area contributed by atoms with Gasteiger partial charge in [-0.05, 0) is 88.1 Å². The smallest absolute Gasteiger partial charge is 0.497 e. The van der Waals surface area contributed by atoms with Crippen molar-refractivity contribution < 1.29 is 23.9 Å². The van der Waals surface area contributed by atoms with E-state index in [2.05, 4.69) is 26.1 Å². The molecule has 2 atom stereocenters. The molecule has 250 valence electrons. The van der Waals surface area contributed by atoms with Gasteiger partial charge in [-0.2, -0.15) is 5.10 Å². The average molecular weight is 655 g/mol. The Hall–Kier alpha value is -5.59. The molecule has 13 nitrogen and oxygen atoms in total. The predicted octanol–water partition coefficient (Wildman–Crippen LogP) is 6.85. The van der Waals surface area contributed by atoms with Gasteiger partial charge in [0.15, 0.2) is 0 Å². The van der Waals surface area contributed by atoms with Gasteiger partial charge in [0.1, 0.15) is 23.4 Å². The van der Waals surface area contributed by atoms with Crippen LogP contribution in [-0.2, 0) is 23.9 Å². The number of aromatic nitrogens is 4. The first-order valence-electron chi connectivity index (χ1n) is 15.7. The van der Waals surface area contributed by atoms with Crippen LogP contribution in [-0.4, -0.2) is 43.4 Å². The van der Waals surface area contributed by atoms with Crippen LogP contribution in [0.5, 0.6) is 11.5 Å². The summed E-state index contributed by atoms with van der Waals surface area (Å²) in [7, 11) is 3.51. The van der Waals surface area contributed by atoms with Crippen LogP contribution in [0.15, 0.2) is 77.6 Å². The summed E-state index contributed by atoms with van der Waals surface area (Å²) in [6.45, 7) is 6.67. The fourth-order valence-electron chi connectivity index (χ4n) is 6.10. The van der Waals surface area contributed by atoms with Crippen molar-refractivity contribution in [2.24, 2.45) is 7.05 Å². The van der Waals surface area contributed by atoms with Crippen molar-refractivity contribution >= 4 is 34.3 Å². The van der Waals surface area contributed by atoms with Gasteiger partial charge in [-0.1, -0.05) is 12.1 Å². The third kappa shape index (κ3) is 6.75. The molecule has 0 radical (unpaired) electrons. The van der Waals surface area contributed by atoms with E-state index in [0.717, 1.165) is 40.4 Å². The summed E-state index contributed by atoms with van der Waals surface area (Å²) >= 11 is 0. The Morgan fingerprint density at radius 1 is 1.02 bits per heavy atom. The first-order valence-corrected chi connectivity index (χ1v) is 15.7. The second-order valence-corrected chi connectivity index (χ2v) is 13.0. The fourth-order valence-corrected chi connectivity index (χ4v) is 6.10. The second kappa shape index (κ2) is 12.9. The van der Waals surface area contributed by atoms with Gasteiger partial charge < -0.3 is 19.5 Å². The van der Waals surface area contributed by atoms with Crippen LogP contribution in [0.1, 0.15) is 57.2 Å². The zero-order valence-corrected chi connectivity index (χ0v) is 27.5. The number of rotatable bonds is 9. The number of fused-ring (bicyclic) bond motifs is 1. The molecule has 5 aromatic rings. The minimum atomic E-state index is -0.847. The number of carbonyl (C=O) groups is 1. The van der Waals surface area contributed by atoms with Gasteiger partial charge in [0.25, 0.3) is 11.2 Å². The van der Waals surface area contributed by atoms with Crippen molar-refractivity contribution in [3.8, 4) is 11.5 Å². The van der Waals surface area contributed by atoms with E-state index in [1.165, 1.54) is 24.3 Å². The fraction of sp³-hybridized carbons (Fsp3) is 0.343. The van der Waals surface area contributed by atoms with Crippen LogP contribution in [0.25, 0.3) is 10.9 Å². The average Bonchev–Trinajstić information content (AvgIpc) is 3.75. The summed E-state index contributed by atoms with van der Waals surface area (Å²) in [6, 6.07) is 20.7. The van der Waals surface area contributed by atoms with Crippen molar-refractivity contribution in [3.63, 3.8) is 0 Å². The molecule has 2 aromatic heterocycles. The number of methoxy groups -OCH3 is 1. The van der Waals surface area contributed by atoms with Gasteiger partial charge in [-0.15, -0.1) is 0 Å². The first kappa shape index (κ1) is 32.4. The Balaban J connectivity index is 1.16. The first-order chi connectivity index (χ1) is 22.9. The maximum atomic E-state index is 13.3. The van der Waals surface area contributed by atoms with E-state index in [1.54, 1.807) is 11.8 Å². The normalized spacial score (nSPS) is 16.2. The van der Waals surface area contributed by atoms with Crippen molar-refractivity contribution in [2.45, 2.75) is 64.1 Å². The molecule has 0 spiro atoms. The molecule has 3 aromatic carbocycles. The van der Waals surface area contributed by atoms with Crippen LogP contribution in [0.3, 0.4) is 0 Å². The molecule has 6 rings (SSSR count). The maximum Gasteiger partial charge on any atom is 0.514 e. The highest BCUT2D eigenvalue weighted by Gasteiger charge is 2.32. The number of benzene rings is 3. The Labute approximate surface area is 276 Å². The van der Waals surface area contributed by atoms with Crippen molar-refractivity contribution in [1.29, 1.82) is 0 Å². The van der Waals surface area contributed by atoms with Crippen molar-refractivity contribution in [1.82, 2.24) is 19.1 Å². The summed E-state index contributed by atoms with van der Waals surface area (Å²) in [6.07, 6.45) is 0.836. The molecule has 1 N–H and O–H groups in total. The number of hydrogen-bond donors (Lipinski definition) is 1. The number of non-ortho nitro benzene ring substituents is 1. The lowest BCUT2D eigenvalue weighted by molar-refractivity contribution is -0.384. The zero-order chi connectivity index (χ0) is 34.2. The summed E-state index contributed by atoms with van der Waals surface area (Å²) in [4.78, 5) is 36.1. The molecule has 0 aliphatic heterocycles. The van der Waals surface area contributed by atoms with Gasteiger partial charge in [-0.3, -0.25) is 19.6 Å². The molecule has 1 saturated carbocycles. The van der Waals surface area contributed by atoms with Crippen molar-refractivity contribution in [2.75, 3.05) is 12.4 Å². The molecule has 0 unspecified atom stereocenters. The molecular weight excluding hydrogens is 616 g/mol. The standard InChI is InChI=1S/C35H38N6O7/c1-35(2,3)40-32(20-30(37-40)23-8-14-28(18-23)48-34(43)47-27-15-10-25(11-16-27)41(44)45)36-24-9-17-29-31(19-24)38(4)39(33(29)42)21-22-6-12-26(46-5)13-7-22/h6-7,9-13,15-17,19-20,23,28,36H,8,14,18,21H2,1-5H3/t23-,28+/m0/s1.